The van der Waals surface area contributed by atoms with Crippen LogP contribution < -0.4 is 10.6 Å². The molecule has 0 radical (unpaired) electrons. The average molecular weight is 225 g/mol. The standard InChI is InChI=1S/C10H19N5O/c1-14(2)10(16)12-7-6-11-8-9-4-5-13-15(9)3/h4-5,11H,6-8H2,1-3H3,(H,12,16). The van der Waals surface area contributed by atoms with Crippen LogP contribution >= 0.6 is 0 Å². The van der Waals surface area contributed by atoms with Crippen LogP contribution in [0.15, 0.2) is 12.3 Å². The van der Waals surface area contributed by atoms with Gasteiger partial charge in [0.15, 0.2) is 0 Å². The highest BCUT2D eigenvalue weighted by atomic mass is 16.2. The van der Waals surface area contributed by atoms with Crippen LogP contribution in [0.5, 0.6) is 0 Å². The molecule has 90 valence electrons. The maximum absolute atomic E-state index is 11.2. The highest BCUT2D eigenvalue weighted by Crippen LogP contribution is 1.93. The van der Waals surface area contributed by atoms with E-state index in [2.05, 4.69) is 15.7 Å². The van der Waals surface area contributed by atoms with Crippen LogP contribution in [0, 0.1) is 0 Å². The second-order valence-corrected chi connectivity index (χ2v) is 3.75. The van der Waals surface area contributed by atoms with E-state index in [1.807, 2.05) is 17.8 Å². The number of aryl methyl sites for hydroxylation is 1. The lowest BCUT2D eigenvalue weighted by molar-refractivity contribution is 0.217. The van der Waals surface area contributed by atoms with E-state index in [-0.39, 0.29) is 6.03 Å². The van der Waals surface area contributed by atoms with Crippen molar-refractivity contribution < 1.29 is 4.79 Å². The number of carbonyl (C=O) groups is 1. The van der Waals surface area contributed by atoms with Gasteiger partial charge in [0, 0.05) is 47.0 Å². The Labute approximate surface area is 95.6 Å². The molecular formula is C10H19N5O. The van der Waals surface area contributed by atoms with E-state index in [0.29, 0.717) is 6.54 Å². The lowest BCUT2D eigenvalue weighted by atomic mass is 10.4. The van der Waals surface area contributed by atoms with Crippen LogP contribution in [0.2, 0.25) is 0 Å². The summed E-state index contributed by atoms with van der Waals surface area (Å²) in [6, 6.07) is 1.90. The summed E-state index contributed by atoms with van der Waals surface area (Å²) in [5, 5.41) is 10.1. The Morgan fingerprint density at radius 2 is 2.25 bits per heavy atom. The molecule has 16 heavy (non-hydrogen) atoms. The molecule has 6 heteroatoms. The lowest BCUT2D eigenvalue weighted by Gasteiger charge is -2.12. The SMILES string of the molecule is CN(C)C(=O)NCCNCc1ccnn1C. The molecule has 1 aromatic heterocycles. The predicted molar refractivity (Wildman–Crippen MR) is 62.0 cm³/mol. The second kappa shape index (κ2) is 6.12. The third-order valence-corrected chi connectivity index (χ3v) is 2.21. The molecule has 0 bridgehead atoms. The van der Waals surface area contributed by atoms with E-state index in [0.717, 1.165) is 18.8 Å². The number of hydrogen-bond acceptors (Lipinski definition) is 3. The molecule has 1 heterocycles. The molecular weight excluding hydrogens is 206 g/mol. The first kappa shape index (κ1) is 12.5. The van der Waals surface area contributed by atoms with Gasteiger partial charge in [0.25, 0.3) is 0 Å². The Morgan fingerprint density at radius 1 is 1.50 bits per heavy atom. The summed E-state index contributed by atoms with van der Waals surface area (Å²) in [6.07, 6.45) is 1.77. The van der Waals surface area contributed by atoms with Crippen LogP contribution in [0.25, 0.3) is 0 Å². The Hall–Kier alpha value is -1.56. The number of nitrogens with zero attached hydrogens (tertiary/aromatic N) is 3. The molecule has 0 unspecified atom stereocenters. The van der Waals surface area contributed by atoms with E-state index in [1.54, 1.807) is 20.3 Å². The maximum atomic E-state index is 11.2. The summed E-state index contributed by atoms with van der Waals surface area (Å²) in [5.41, 5.74) is 1.12. The number of rotatable bonds is 5. The van der Waals surface area contributed by atoms with Gasteiger partial charge in [-0.05, 0) is 6.07 Å². The second-order valence-electron chi connectivity index (χ2n) is 3.75. The van der Waals surface area contributed by atoms with Crippen LogP contribution in [0.1, 0.15) is 5.69 Å². The Kier molecular flexibility index (Phi) is 4.78. The zero-order valence-electron chi connectivity index (χ0n) is 10.0. The quantitative estimate of drug-likeness (QED) is 0.681. The van der Waals surface area contributed by atoms with E-state index in [1.165, 1.54) is 4.90 Å². The molecule has 6 nitrogen and oxygen atoms in total. The molecule has 0 saturated heterocycles. The predicted octanol–water partition coefficient (Wildman–Crippen LogP) is -0.219. The highest BCUT2D eigenvalue weighted by molar-refractivity contribution is 5.73. The summed E-state index contributed by atoms with van der Waals surface area (Å²) in [6.45, 7) is 2.12. The molecule has 0 aromatic carbocycles. The number of aromatic nitrogens is 2. The first-order valence-corrected chi connectivity index (χ1v) is 5.24. The minimum atomic E-state index is -0.0673. The molecule has 0 aliphatic heterocycles. The molecule has 0 spiro atoms. The smallest absolute Gasteiger partial charge is 0.316 e. The first-order chi connectivity index (χ1) is 7.61. The number of urea groups is 1. The Morgan fingerprint density at radius 3 is 2.81 bits per heavy atom. The van der Waals surface area contributed by atoms with Gasteiger partial charge in [-0.2, -0.15) is 5.10 Å². The van der Waals surface area contributed by atoms with Crippen molar-refractivity contribution in [2.24, 2.45) is 7.05 Å². The van der Waals surface area contributed by atoms with Crippen molar-refractivity contribution in [2.45, 2.75) is 6.54 Å². The number of carbonyl (C=O) groups excluding carboxylic acids is 1. The fourth-order valence-corrected chi connectivity index (χ4v) is 1.21. The number of hydrogen-bond donors (Lipinski definition) is 2. The Bertz CT molecular complexity index is 334. The minimum absolute atomic E-state index is 0.0673. The van der Waals surface area contributed by atoms with Crippen molar-refractivity contribution in [1.82, 2.24) is 25.3 Å². The zero-order valence-corrected chi connectivity index (χ0v) is 10.0. The monoisotopic (exact) mass is 225 g/mol. The van der Waals surface area contributed by atoms with E-state index in [4.69, 9.17) is 0 Å². The molecule has 2 amide bonds. The van der Waals surface area contributed by atoms with Crippen molar-refractivity contribution in [3.05, 3.63) is 18.0 Å². The fraction of sp³-hybridized carbons (Fsp3) is 0.600. The zero-order chi connectivity index (χ0) is 12.0. The van der Waals surface area contributed by atoms with Gasteiger partial charge < -0.3 is 15.5 Å². The van der Waals surface area contributed by atoms with Gasteiger partial charge in [-0.3, -0.25) is 4.68 Å². The lowest BCUT2D eigenvalue weighted by Crippen LogP contribution is -2.38. The van der Waals surface area contributed by atoms with Crippen molar-refractivity contribution >= 4 is 6.03 Å². The van der Waals surface area contributed by atoms with Gasteiger partial charge in [-0.25, -0.2) is 4.79 Å². The minimum Gasteiger partial charge on any atom is -0.337 e. The molecule has 0 atom stereocenters. The average Bonchev–Trinajstić information content (AvgIpc) is 2.63. The first-order valence-electron chi connectivity index (χ1n) is 5.24. The molecule has 0 aliphatic carbocycles. The van der Waals surface area contributed by atoms with Gasteiger partial charge in [-0.1, -0.05) is 0 Å². The van der Waals surface area contributed by atoms with Gasteiger partial charge >= 0.3 is 6.03 Å². The Balaban J connectivity index is 2.09. The fourth-order valence-electron chi connectivity index (χ4n) is 1.21. The summed E-state index contributed by atoms with van der Waals surface area (Å²) < 4.78 is 1.82. The van der Waals surface area contributed by atoms with Crippen LogP contribution in [-0.4, -0.2) is 47.9 Å². The summed E-state index contributed by atoms with van der Waals surface area (Å²) in [5.74, 6) is 0. The topological polar surface area (TPSA) is 62.2 Å². The number of nitrogens with one attached hydrogen (secondary N) is 2. The molecule has 1 aromatic rings. The van der Waals surface area contributed by atoms with Gasteiger partial charge in [-0.15, -0.1) is 0 Å². The number of amides is 2. The van der Waals surface area contributed by atoms with Crippen LogP contribution in [0.3, 0.4) is 0 Å². The van der Waals surface area contributed by atoms with Gasteiger partial charge in [0.1, 0.15) is 0 Å². The van der Waals surface area contributed by atoms with Crippen LogP contribution in [-0.2, 0) is 13.6 Å². The molecule has 0 saturated carbocycles. The summed E-state index contributed by atoms with van der Waals surface area (Å²) >= 11 is 0. The van der Waals surface area contributed by atoms with Gasteiger partial charge in [0.2, 0.25) is 0 Å². The van der Waals surface area contributed by atoms with Crippen molar-refractivity contribution in [1.29, 1.82) is 0 Å². The van der Waals surface area contributed by atoms with Crippen molar-refractivity contribution in [2.75, 3.05) is 27.2 Å². The van der Waals surface area contributed by atoms with Gasteiger partial charge in [0.05, 0.1) is 5.69 Å². The highest BCUT2D eigenvalue weighted by Gasteiger charge is 2.01. The van der Waals surface area contributed by atoms with E-state index >= 15 is 0 Å². The molecule has 2 N–H and O–H groups in total. The van der Waals surface area contributed by atoms with Crippen molar-refractivity contribution in [3.63, 3.8) is 0 Å². The summed E-state index contributed by atoms with van der Waals surface area (Å²) in [4.78, 5) is 12.7. The van der Waals surface area contributed by atoms with Crippen LogP contribution in [0.4, 0.5) is 4.79 Å². The van der Waals surface area contributed by atoms with E-state index in [9.17, 15) is 4.79 Å². The summed E-state index contributed by atoms with van der Waals surface area (Å²) in [7, 11) is 5.35. The van der Waals surface area contributed by atoms with E-state index < -0.39 is 0 Å². The largest absolute Gasteiger partial charge is 0.337 e. The maximum Gasteiger partial charge on any atom is 0.316 e. The third kappa shape index (κ3) is 3.90. The molecule has 0 fully saturated rings. The van der Waals surface area contributed by atoms with Crippen molar-refractivity contribution in [3.8, 4) is 0 Å². The molecule has 0 aliphatic rings. The molecule has 1 rings (SSSR count). The third-order valence-electron chi connectivity index (χ3n) is 2.21. The normalized spacial score (nSPS) is 10.2.